The van der Waals surface area contributed by atoms with Gasteiger partial charge in [0.05, 0.1) is 6.54 Å². The smallest absolute Gasteiger partial charge is 0.0505 e. The molecule has 4 rings (SSSR count). The maximum absolute atomic E-state index is 6.41. The number of nitrogens with one attached hydrogen (secondary N) is 1. The summed E-state index contributed by atoms with van der Waals surface area (Å²) in [6.45, 7) is 7.23. The zero-order chi connectivity index (χ0) is 19.5. The third-order valence-electron chi connectivity index (χ3n) is 5.86. The number of nitrogens with zero attached hydrogens (tertiary/aromatic N) is 2. The fourth-order valence-corrected chi connectivity index (χ4v) is 4.88. The predicted molar refractivity (Wildman–Crippen MR) is 119 cm³/mol. The largest absolute Gasteiger partial charge is 0.343 e. The van der Waals surface area contributed by atoms with E-state index in [1.165, 1.54) is 35.9 Å². The molecule has 148 valence electrons. The average molecular weight is 416 g/mol. The Labute approximate surface area is 177 Å². The standard InChI is InChI=1S/C23H27Cl2N3/c1-2-27-12-6-7-18(27)14-26-13-17-15-28(23-11-4-3-8-19(17)23)16-20-21(24)9-5-10-22(20)25/h3-5,8-11,15,18,26H,2,6-7,12-14,16H2,1H3/t18-/m0/s1. The number of likely N-dealkylation sites (tertiary alicyclic amines) is 1. The van der Waals surface area contributed by atoms with Crippen molar-refractivity contribution in [1.82, 2.24) is 14.8 Å². The van der Waals surface area contributed by atoms with Gasteiger partial charge in [0.25, 0.3) is 0 Å². The van der Waals surface area contributed by atoms with Crippen molar-refractivity contribution in [1.29, 1.82) is 0 Å². The van der Waals surface area contributed by atoms with E-state index < -0.39 is 0 Å². The second kappa shape index (κ2) is 8.87. The Hall–Kier alpha value is -1.52. The zero-order valence-corrected chi connectivity index (χ0v) is 17.8. The minimum absolute atomic E-state index is 0.667. The number of hydrogen-bond acceptors (Lipinski definition) is 2. The molecule has 0 spiro atoms. The predicted octanol–water partition coefficient (Wildman–Crippen LogP) is 5.57. The molecule has 2 aromatic carbocycles. The summed E-state index contributed by atoms with van der Waals surface area (Å²) in [7, 11) is 0. The number of para-hydroxylation sites is 1. The van der Waals surface area contributed by atoms with E-state index in [0.29, 0.717) is 22.6 Å². The van der Waals surface area contributed by atoms with Gasteiger partial charge in [0, 0.05) is 51.8 Å². The highest BCUT2D eigenvalue weighted by atomic mass is 35.5. The quantitative estimate of drug-likeness (QED) is 0.543. The van der Waals surface area contributed by atoms with Gasteiger partial charge in [0.2, 0.25) is 0 Å². The van der Waals surface area contributed by atoms with Crippen LogP contribution in [-0.2, 0) is 13.1 Å². The van der Waals surface area contributed by atoms with E-state index in [1.807, 2.05) is 18.2 Å². The number of benzene rings is 2. The number of halogens is 2. The SMILES string of the molecule is CCN1CCC[C@H]1CNCc1cn(Cc2c(Cl)cccc2Cl)c2ccccc12. The van der Waals surface area contributed by atoms with E-state index in [0.717, 1.165) is 25.2 Å². The number of fused-ring (bicyclic) bond motifs is 1. The Morgan fingerprint density at radius 3 is 2.64 bits per heavy atom. The summed E-state index contributed by atoms with van der Waals surface area (Å²) in [5.74, 6) is 0. The van der Waals surface area contributed by atoms with Crippen LogP contribution in [-0.4, -0.2) is 35.1 Å². The molecule has 2 heterocycles. The Bertz CT molecular complexity index is 930. The van der Waals surface area contributed by atoms with Crippen molar-refractivity contribution in [2.24, 2.45) is 0 Å². The van der Waals surface area contributed by atoms with Crippen LogP contribution in [0.1, 0.15) is 30.9 Å². The molecule has 0 radical (unpaired) electrons. The first kappa shape index (κ1) is 19.8. The van der Waals surface area contributed by atoms with Crippen LogP contribution in [0.3, 0.4) is 0 Å². The fraction of sp³-hybridized carbons (Fsp3) is 0.391. The van der Waals surface area contributed by atoms with E-state index in [-0.39, 0.29) is 0 Å². The highest BCUT2D eigenvalue weighted by Crippen LogP contribution is 2.28. The molecule has 1 aromatic heterocycles. The molecule has 0 amide bonds. The van der Waals surface area contributed by atoms with Crippen molar-refractivity contribution in [2.45, 2.75) is 38.9 Å². The molecule has 1 atom stereocenters. The topological polar surface area (TPSA) is 20.2 Å². The molecule has 3 nitrogen and oxygen atoms in total. The minimum atomic E-state index is 0.667. The monoisotopic (exact) mass is 415 g/mol. The second-order valence-corrected chi connectivity index (χ2v) is 8.37. The van der Waals surface area contributed by atoms with Crippen molar-refractivity contribution in [3.8, 4) is 0 Å². The zero-order valence-electron chi connectivity index (χ0n) is 16.3. The molecule has 1 aliphatic heterocycles. The van der Waals surface area contributed by atoms with Crippen molar-refractivity contribution in [2.75, 3.05) is 19.6 Å². The summed E-state index contributed by atoms with van der Waals surface area (Å²) >= 11 is 12.8. The number of likely N-dealkylation sites (N-methyl/N-ethyl adjacent to an activating group) is 1. The summed E-state index contributed by atoms with van der Waals surface area (Å²) in [5, 5.41) is 6.41. The fourth-order valence-electron chi connectivity index (χ4n) is 4.36. The van der Waals surface area contributed by atoms with Gasteiger partial charge in [-0.25, -0.2) is 0 Å². The molecule has 0 bridgehead atoms. The van der Waals surface area contributed by atoms with Gasteiger partial charge in [-0.3, -0.25) is 4.90 Å². The molecule has 0 saturated carbocycles. The van der Waals surface area contributed by atoms with Crippen LogP contribution in [0, 0.1) is 0 Å². The molecule has 0 aliphatic carbocycles. The Morgan fingerprint density at radius 1 is 1.07 bits per heavy atom. The van der Waals surface area contributed by atoms with E-state index in [9.17, 15) is 0 Å². The summed E-state index contributed by atoms with van der Waals surface area (Å²) in [6, 6.07) is 14.9. The first-order valence-electron chi connectivity index (χ1n) is 10.1. The third-order valence-corrected chi connectivity index (χ3v) is 6.57. The van der Waals surface area contributed by atoms with Crippen LogP contribution in [0.25, 0.3) is 10.9 Å². The Morgan fingerprint density at radius 2 is 1.86 bits per heavy atom. The van der Waals surface area contributed by atoms with Crippen LogP contribution < -0.4 is 5.32 Å². The molecule has 0 unspecified atom stereocenters. The van der Waals surface area contributed by atoms with Crippen molar-refractivity contribution in [3.63, 3.8) is 0 Å². The van der Waals surface area contributed by atoms with Gasteiger partial charge in [-0.1, -0.05) is 54.4 Å². The van der Waals surface area contributed by atoms with Gasteiger partial charge in [-0.2, -0.15) is 0 Å². The van der Waals surface area contributed by atoms with E-state index in [1.54, 1.807) is 0 Å². The third kappa shape index (κ3) is 4.08. The van der Waals surface area contributed by atoms with Crippen LogP contribution in [0.2, 0.25) is 10.0 Å². The van der Waals surface area contributed by atoms with E-state index in [2.05, 4.69) is 52.2 Å². The molecule has 1 N–H and O–H groups in total. The summed E-state index contributed by atoms with van der Waals surface area (Å²) in [4.78, 5) is 2.58. The van der Waals surface area contributed by atoms with Crippen molar-refractivity contribution < 1.29 is 0 Å². The highest BCUT2D eigenvalue weighted by Gasteiger charge is 2.22. The lowest BCUT2D eigenvalue weighted by Crippen LogP contribution is -2.37. The van der Waals surface area contributed by atoms with E-state index in [4.69, 9.17) is 23.2 Å². The first-order valence-corrected chi connectivity index (χ1v) is 10.9. The molecule has 28 heavy (non-hydrogen) atoms. The van der Waals surface area contributed by atoms with Crippen LogP contribution in [0.5, 0.6) is 0 Å². The molecule has 1 saturated heterocycles. The summed E-state index contributed by atoms with van der Waals surface area (Å²) in [5.41, 5.74) is 3.50. The van der Waals surface area contributed by atoms with Gasteiger partial charge in [0.1, 0.15) is 0 Å². The molecule has 1 aliphatic rings. The van der Waals surface area contributed by atoms with Crippen LogP contribution >= 0.6 is 23.2 Å². The number of rotatable bonds is 7. The van der Waals surface area contributed by atoms with Gasteiger partial charge >= 0.3 is 0 Å². The van der Waals surface area contributed by atoms with Gasteiger partial charge in [-0.05, 0) is 49.7 Å². The molecule has 3 aromatic rings. The number of aromatic nitrogens is 1. The maximum Gasteiger partial charge on any atom is 0.0505 e. The molecule has 5 heteroatoms. The van der Waals surface area contributed by atoms with Crippen LogP contribution in [0.15, 0.2) is 48.7 Å². The van der Waals surface area contributed by atoms with E-state index >= 15 is 0 Å². The van der Waals surface area contributed by atoms with Crippen molar-refractivity contribution in [3.05, 3.63) is 69.8 Å². The lowest BCUT2D eigenvalue weighted by Gasteiger charge is -2.22. The van der Waals surface area contributed by atoms with Crippen molar-refractivity contribution >= 4 is 34.1 Å². The average Bonchev–Trinajstić information content (AvgIpc) is 3.30. The molecule has 1 fully saturated rings. The van der Waals surface area contributed by atoms with Gasteiger partial charge in [0.15, 0.2) is 0 Å². The minimum Gasteiger partial charge on any atom is -0.343 e. The Balaban J connectivity index is 1.53. The van der Waals surface area contributed by atoms with Gasteiger partial charge in [-0.15, -0.1) is 0 Å². The maximum atomic E-state index is 6.41. The van der Waals surface area contributed by atoms with Gasteiger partial charge < -0.3 is 9.88 Å². The molecular formula is C23H27Cl2N3. The summed E-state index contributed by atoms with van der Waals surface area (Å²) in [6.07, 6.45) is 4.86. The Kier molecular flexibility index (Phi) is 6.27. The number of hydrogen-bond donors (Lipinski definition) is 1. The lowest BCUT2D eigenvalue weighted by molar-refractivity contribution is 0.260. The molecular weight excluding hydrogens is 389 g/mol. The highest BCUT2D eigenvalue weighted by molar-refractivity contribution is 6.36. The lowest BCUT2D eigenvalue weighted by atomic mass is 10.1. The summed E-state index contributed by atoms with van der Waals surface area (Å²) < 4.78 is 2.26. The van der Waals surface area contributed by atoms with Crippen LogP contribution in [0.4, 0.5) is 0 Å². The normalized spacial score (nSPS) is 17.6. The second-order valence-electron chi connectivity index (χ2n) is 7.56. The first-order chi connectivity index (χ1) is 13.7.